The summed E-state index contributed by atoms with van der Waals surface area (Å²) in [6, 6.07) is -0.363. The molecule has 0 aliphatic heterocycles. The third-order valence-corrected chi connectivity index (χ3v) is 2.06. The fourth-order valence-corrected chi connectivity index (χ4v) is 1.43. The number of alkyl halides is 1. The van der Waals surface area contributed by atoms with E-state index >= 15 is 0 Å². The predicted octanol–water partition coefficient (Wildman–Crippen LogP) is 0.235. The fraction of sp³-hybridized carbons (Fsp3) is 0.857. The number of methoxy groups -OCH3 is 1. The summed E-state index contributed by atoms with van der Waals surface area (Å²) in [5.74, 6) is -0.826. The smallest absolute Gasteiger partial charge is 0.310 e. The number of nitrogens with two attached hydrogens (primary N) is 1. The lowest BCUT2D eigenvalue weighted by Crippen LogP contribution is -2.31. The highest BCUT2D eigenvalue weighted by Gasteiger charge is 2.37. The highest BCUT2D eigenvalue weighted by atomic mass is 19.1. The Hall–Kier alpha value is -0.640. The van der Waals surface area contributed by atoms with Gasteiger partial charge in [0, 0.05) is 6.04 Å². The third kappa shape index (κ3) is 1.68. The van der Waals surface area contributed by atoms with E-state index in [0.29, 0.717) is 0 Å². The van der Waals surface area contributed by atoms with Crippen molar-refractivity contribution in [1.29, 1.82) is 0 Å². The summed E-state index contributed by atoms with van der Waals surface area (Å²) in [7, 11) is 1.29. The molecule has 1 saturated carbocycles. The zero-order valence-corrected chi connectivity index (χ0v) is 6.42. The van der Waals surface area contributed by atoms with Gasteiger partial charge in [-0.1, -0.05) is 0 Å². The molecule has 1 fully saturated rings. The van der Waals surface area contributed by atoms with Crippen molar-refractivity contribution in [2.24, 2.45) is 11.7 Å². The lowest BCUT2D eigenvalue weighted by Gasteiger charge is -2.10. The van der Waals surface area contributed by atoms with Crippen molar-refractivity contribution in [3.8, 4) is 0 Å². The number of hydrogen-bond acceptors (Lipinski definition) is 3. The summed E-state index contributed by atoms with van der Waals surface area (Å²) < 4.78 is 17.1. The van der Waals surface area contributed by atoms with E-state index in [0.717, 1.165) is 0 Å². The van der Waals surface area contributed by atoms with Crippen LogP contribution in [0, 0.1) is 5.92 Å². The summed E-state index contributed by atoms with van der Waals surface area (Å²) in [5, 5.41) is 0. The van der Waals surface area contributed by atoms with Gasteiger partial charge in [-0.15, -0.1) is 0 Å². The molecule has 0 bridgehead atoms. The quantitative estimate of drug-likeness (QED) is 0.560. The van der Waals surface area contributed by atoms with Crippen molar-refractivity contribution in [2.75, 3.05) is 7.11 Å². The largest absolute Gasteiger partial charge is 0.469 e. The van der Waals surface area contributed by atoms with Crippen LogP contribution in [0.1, 0.15) is 12.8 Å². The van der Waals surface area contributed by atoms with Gasteiger partial charge in [-0.25, -0.2) is 4.39 Å². The molecule has 0 radical (unpaired) electrons. The normalized spacial score (nSPS) is 37.2. The maximum Gasteiger partial charge on any atom is 0.310 e. The summed E-state index contributed by atoms with van der Waals surface area (Å²) in [4.78, 5) is 10.9. The molecule has 0 aromatic rings. The summed E-state index contributed by atoms with van der Waals surface area (Å²) in [6.45, 7) is 0. The van der Waals surface area contributed by atoms with Crippen LogP contribution in [0.5, 0.6) is 0 Å². The highest BCUT2D eigenvalue weighted by Crippen LogP contribution is 2.27. The lowest BCUT2D eigenvalue weighted by molar-refractivity contribution is -0.145. The first kappa shape index (κ1) is 8.46. The minimum absolute atomic E-state index is 0.216. The SMILES string of the molecule is COC(=O)[C@H]1C[C@H](F)C[C@H]1N. The molecule has 0 spiro atoms. The Kier molecular flexibility index (Phi) is 2.44. The number of ether oxygens (including phenoxy) is 1. The molecule has 1 aliphatic rings. The Morgan fingerprint density at radius 3 is 2.64 bits per heavy atom. The molecular weight excluding hydrogens is 149 g/mol. The van der Waals surface area contributed by atoms with Crippen LogP contribution in [0.3, 0.4) is 0 Å². The first-order chi connectivity index (χ1) is 5.15. The van der Waals surface area contributed by atoms with Crippen molar-refractivity contribution < 1.29 is 13.9 Å². The molecule has 0 amide bonds. The van der Waals surface area contributed by atoms with Crippen LogP contribution >= 0.6 is 0 Å². The van der Waals surface area contributed by atoms with Crippen LogP contribution in [-0.2, 0) is 9.53 Å². The van der Waals surface area contributed by atoms with Crippen molar-refractivity contribution >= 4 is 5.97 Å². The van der Waals surface area contributed by atoms with E-state index in [1.165, 1.54) is 7.11 Å². The molecule has 11 heavy (non-hydrogen) atoms. The maximum absolute atomic E-state index is 12.6. The predicted molar refractivity (Wildman–Crippen MR) is 37.6 cm³/mol. The van der Waals surface area contributed by atoms with Gasteiger partial charge in [0.1, 0.15) is 6.17 Å². The number of rotatable bonds is 1. The molecule has 3 atom stereocenters. The van der Waals surface area contributed by atoms with Crippen molar-refractivity contribution in [1.82, 2.24) is 0 Å². The zero-order chi connectivity index (χ0) is 8.43. The molecule has 0 heterocycles. The molecule has 1 rings (SSSR count). The summed E-state index contributed by atoms with van der Waals surface area (Å²) >= 11 is 0. The third-order valence-electron chi connectivity index (χ3n) is 2.06. The molecule has 64 valence electrons. The summed E-state index contributed by atoms with van der Waals surface area (Å²) in [5.41, 5.74) is 5.51. The van der Waals surface area contributed by atoms with Crippen LogP contribution in [0.25, 0.3) is 0 Å². The lowest BCUT2D eigenvalue weighted by atomic mass is 10.1. The van der Waals surface area contributed by atoms with Crippen molar-refractivity contribution in [2.45, 2.75) is 25.1 Å². The molecule has 0 saturated heterocycles. The first-order valence-electron chi connectivity index (χ1n) is 3.62. The average molecular weight is 161 g/mol. The molecule has 3 nitrogen and oxygen atoms in total. The Morgan fingerprint density at radius 2 is 2.27 bits per heavy atom. The van der Waals surface area contributed by atoms with Gasteiger partial charge in [-0.3, -0.25) is 4.79 Å². The second-order valence-electron chi connectivity index (χ2n) is 2.86. The van der Waals surface area contributed by atoms with Gasteiger partial charge in [0.15, 0.2) is 0 Å². The van der Waals surface area contributed by atoms with Crippen LogP contribution in [0.2, 0.25) is 0 Å². The highest BCUT2D eigenvalue weighted by molar-refractivity contribution is 5.73. The maximum atomic E-state index is 12.6. The second kappa shape index (κ2) is 3.17. The van der Waals surface area contributed by atoms with Crippen LogP contribution < -0.4 is 5.73 Å². The van der Waals surface area contributed by atoms with Gasteiger partial charge >= 0.3 is 5.97 Å². The molecule has 0 aromatic heterocycles. The second-order valence-corrected chi connectivity index (χ2v) is 2.86. The minimum atomic E-state index is -0.936. The number of hydrogen-bond donors (Lipinski definition) is 1. The minimum Gasteiger partial charge on any atom is -0.469 e. The molecule has 4 heteroatoms. The molecule has 1 aliphatic carbocycles. The Morgan fingerprint density at radius 1 is 1.64 bits per heavy atom. The van der Waals surface area contributed by atoms with Gasteiger partial charge < -0.3 is 10.5 Å². The van der Waals surface area contributed by atoms with E-state index in [2.05, 4.69) is 4.74 Å². The molecule has 2 N–H and O–H groups in total. The van der Waals surface area contributed by atoms with E-state index in [4.69, 9.17) is 5.73 Å². The molecule has 0 aromatic carbocycles. The van der Waals surface area contributed by atoms with Crippen molar-refractivity contribution in [3.05, 3.63) is 0 Å². The topological polar surface area (TPSA) is 52.3 Å². The van der Waals surface area contributed by atoms with Crippen LogP contribution in [0.4, 0.5) is 4.39 Å². The van der Waals surface area contributed by atoms with E-state index in [1.807, 2.05) is 0 Å². The van der Waals surface area contributed by atoms with Crippen molar-refractivity contribution in [3.63, 3.8) is 0 Å². The summed E-state index contributed by atoms with van der Waals surface area (Å²) in [6.07, 6.45) is -0.442. The van der Waals surface area contributed by atoms with E-state index in [9.17, 15) is 9.18 Å². The number of carbonyl (C=O) groups is 1. The van der Waals surface area contributed by atoms with Gasteiger partial charge in [0.05, 0.1) is 13.0 Å². The van der Waals surface area contributed by atoms with Gasteiger partial charge in [0.2, 0.25) is 0 Å². The van der Waals surface area contributed by atoms with Gasteiger partial charge in [-0.05, 0) is 12.8 Å². The van der Waals surface area contributed by atoms with Gasteiger partial charge in [0.25, 0.3) is 0 Å². The Bertz CT molecular complexity index is 163. The Balaban J connectivity index is 2.52. The van der Waals surface area contributed by atoms with E-state index in [-0.39, 0.29) is 18.9 Å². The van der Waals surface area contributed by atoms with E-state index in [1.54, 1.807) is 0 Å². The molecular formula is C7H12FNO2. The van der Waals surface area contributed by atoms with E-state index < -0.39 is 18.1 Å². The number of esters is 1. The zero-order valence-electron chi connectivity index (χ0n) is 6.42. The van der Waals surface area contributed by atoms with Gasteiger partial charge in [-0.2, -0.15) is 0 Å². The monoisotopic (exact) mass is 161 g/mol. The standard InChI is InChI=1S/C7H12FNO2/c1-11-7(10)5-2-4(8)3-6(5)9/h4-6H,2-3,9H2,1H3/t4-,5-,6+/m0/s1. The average Bonchev–Trinajstić information content (AvgIpc) is 2.28. The first-order valence-corrected chi connectivity index (χ1v) is 3.62. The number of halogens is 1. The number of carbonyl (C=O) groups excluding carboxylic acids is 1. The van der Waals surface area contributed by atoms with Crippen LogP contribution in [0.15, 0.2) is 0 Å². The fourth-order valence-electron chi connectivity index (χ4n) is 1.43. The molecule has 0 unspecified atom stereocenters. The van der Waals surface area contributed by atoms with Crippen LogP contribution in [-0.4, -0.2) is 25.3 Å². The Labute approximate surface area is 64.7 Å².